The highest BCUT2D eigenvalue weighted by Crippen LogP contribution is 2.23. The third-order valence-electron chi connectivity index (χ3n) is 3.79. The van der Waals surface area contributed by atoms with Gasteiger partial charge in [0.25, 0.3) is 0 Å². The highest BCUT2D eigenvalue weighted by atomic mass is 15.2. The fourth-order valence-electron chi connectivity index (χ4n) is 2.51. The molecule has 112 valence electrons. The molecule has 0 spiro atoms. The van der Waals surface area contributed by atoms with Gasteiger partial charge in [-0.3, -0.25) is 0 Å². The number of nitrogens with zero attached hydrogens (tertiary/aromatic N) is 2. The summed E-state index contributed by atoms with van der Waals surface area (Å²) in [4.78, 5) is 6.81. The van der Waals surface area contributed by atoms with Gasteiger partial charge < -0.3 is 10.2 Å². The molecule has 0 radical (unpaired) electrons. The maximum Gasteiger partial charge on any atom is 0.128 e. The van der Waals surface area contributed by atoms with E-state index in [0.29, 0.717) is 6.04 Å². The van der Waals surface area contributed by atoms with Crippen LogP contribution >= 0.6 is 0 Å². The van der Waals surface area contributed by atoms with Crippen LogP contribution in [0, 0.1) is 0 Å². The minimum Gasteiger partial charge on any atom is -0.377 e. The van der Waals surface area contributed by atoms with Gasteiger partial charge >= 0.3 is 0 Å². The minimum absolute atomic E-state index is 0.326. The van der Waals surface area contributed by atoms with Crippen LogP contribution in [0.1, 0.15) is 38.8 Å². The Balaban J connectivity index is 2.08. The summed E-state index contributed by atoms with van der Waals surface area (Å²) < 4.78 is 0. The summed E-state index contributed by atoms with van der Waals surface area (Å²) in [5.41, 5.74) is 2.38. The van der Waals surface area contributed by atoms with Gasteiger partial charge in [0, 0.05) is 13.1 Å². The van der Waals surface area contributed by atoms with Crippen molar-refractivity contribution < 1.29 is 0 Å². The summed E-state index contributed by atoms with van der Waals surface area (Å²) in [6.07, 6.45) is 2.97. The fourth-order valence-corrected chi connectivity index (χ4v) is 2.51. The monoisotopic (exact) mass is 283 g/mol. The Kier molecular flexibility index (Phi) is 5.61. The molecule has 0 bridgehead atoms. The molecule has 3 nitrogen and oxygen atoms in total. The first-order valence-electron chi connectivity index (χ1n) is 7.80. The zero-order valence-corrected chi connectivity index (χ0v) is 13.2. The van der Waals surface area contributed by atoms with Crippen LogP contribution in [0.2, 0.25) is 0 Å². The molecule has 0 amide bonds. The van der Waals surface area contributed by atoms with Gasteiger partial charge in [0.1, 0.15) is 5.82 Å². The van der Waals surface area contributed by atoms with Gasteiger partial charge in [0.05, 0.1) is 17.9 Å². The Morgan fingerprint density at radius 2 is 1.71 bits per heavy atom. The van der Waals surface area contributed by atoms with E-state index in [1.54, 1.807) is 0 Å². The molecule has 1 heterocycles. The highest BCUT2D eigenvalue weighted by Gasteiger charge is 2.09. The predicted molar refractivity (Wildman–Crippen MR) is 90.9 cm³/mol. The molecule has 2 rings (SSSR count). The Bertz CT molecular complexity index is 518. The number of benzene rings is 1. The van der Waals surface area contributed by atoms with E-state index in [0.717, 1.165) is 31.0 Å². The molecule has 3 heteroatoms. The van der Waals surface area contributed by atoms with Crippen molar-refractivity contribution in [2.45, 2.75) is 33.2 Å². The Morgan fingerprint density at radius 3 is 2.24 bits per heavy atom. The van der Waals surface area contributed by atoms with E-state index in [1.807, 2.05) is 6.20 Å². The number of nitrogens with one attached hydrogen (secondary N) is 1. The zero-order chi connectivity index (χ0) is 15.1. The van der Waals surface area contributed by atoms with Crippen molar-refractivity contribution in [3.05, 3.63) is 54.2 Å². The van der Waals surface area contributed by atoms with Crippen molar-refractivity contribution in [1.82, 2.24) is 4.98 Å². The molecule has 0 saturated carbocycles. The van der Waals surface area contributed by atoms with Gasteiger partial charge in [-0.05, 0) is 38.0 Å². The van der Waals surface area contributed by atoms with E-state index >= 15 is 0 Å². The maximum absolute atomic E-state index is 4.57. The zero-order valence-electron chi connectivity index (χ0n) is 13.2. The third kappa shape index (κ3) is 3.97. The van der Waals surface area contributed by atoms with Crippen LogP contribution < -0.4 is 10.2 Å². The Labute approximate surface area is 128 Å². The Hall–Kier alpha value is -2.03. The molecule has 1 atom stereocenters. The second-order valence-corrected chi connectivity index (χ2v) is 5.09. The lowest BCUT2D eigenvalue weighted by Gasteiger charge is -2.21. The summed E-state index contributed by atoms with van der Waals surface area (Å²) in [7, 11) is 0. The molecule has 0 aliphatic rings. The van der Waals surface area contributed by atoms with E-state index in [-0.39, 0.29) is 0 Å². The van der Waals surface area contributed by atoms with E-state index in [2.05, 4.69) is 78.4 Å². The van der Waals surface area contributed by atoms with Crippen molar-refractivity contribution in [2.75, 3.05) is 23.3 Å². The van der Waals surface area contributed by atoms with E-state index in [4.69, 9.17) is 0 Å². The third-order valence-corrected chi connectivity index (χ3v) is 3.79. The van der Waals surface area contributed by atoms with Gasteiger partial charge in [-0.25, -0.2) is 4.98 Å². The topological polar surface area (TPSA) is 28.2 Å². The van der Waals surface area contributed by atoms with Crippen LogP contribution in [0.3, 0.4) is 0 Å². The van der Waals surface area contributed by atoms with Crippen LogP contribution in [0.15, 0.2) is 48.7 Å². The molecular weight excluding hydrogens is 258 g/mol. The van der Waals surface area contributed by atoms with E-state index in [1.165, 1.54) is 5.56 Å². The maximum atomic E-state index is 4.57. The molecule has 21 heavy (non-hydrogen) atoms. The number of hydrogen-bond donors (Lipinski definition) is 1. The standard InChI is InChI=1S/C18H25N3/c1-4-17(15-10-8-7-9-11-15)20-16-12-13-18(19-14-16)21(5-2)6-3/h7-14,17,20H,4-6H2,1-3H3. The summed E-state index contributed by atoms with van der Waals surface area (Å²) in [6.45, 7) is 8.47. The first kappa shape index (κ1) is 15.4. The summed E-state index contributed by atoms with van der Waals surface area (Å²) in [6, 6.07) is 15.1. The Morgan fingerprint density at radius 1 is 1.00 bits per heavy atom. The normalized spacial score (nSPS) is 12.0. The summed E-state index contributed by atoms with van der Waals surface area (Å²) in [5.74, 6) is 1.04. The average molecular weight is 283 g/mol. The lowest BCUT2D eigenvalue weighted by molar-refractivity contribution is 0.748. The van der Waals surface area contributed by atoms with Crippen molar-refractivity contribution in [3.63, 3.8) is 0 Å². The van der Waals surface area contributed by atoms with E-state index in [9.17, 15) is 0 Å². The molecule has 1 N–H and O–H groups in total. The molecule has 0 aliphatic heterocycles. The molecular formula is C18H25N3. The number of aromatic nitrogens is 1. The number of anilines is 2. The fraction of sp³-hybridized carbons (Fsp3) is 0.389. The van der Waals surface area contributed by atoms with Crippen LogP contribution in [-0.4, -0.2) is 18.1 Å². The lowest BCUT2D eigenvalue weighted by atomic mass is 10.0. The van der Waals surface area contributed by atoms with Crippen LogP contribution in [0.25, 0.3) is 0 Å². The minimum atomic E-state index is 0.326. The second-order valence-electron chi connectivity index (χ2n) is 5.09. The van der Waals surface area contributed by atoms with Crippen LogP contribution in [0.5, 0.6) is 0 Å². The van der Waals surface area contributed by atoms with Crippen molar-refractivity contribution in [3.8, 4) is 0 Å². The average Bonchev–Trinajstić information content (AvgIpc) is 2.56. The van der Waals surface area contributed by atoms with Crippen LogP contribution in [0.4, 0.5) is 11.5 Å². The number of rotatable bonds is 7. The molecule has 1 aromatic carbocycles. The van der Waals surface area contributed by atoms with Gasteiger partial charge in [0.15, 0.2) is 0 Å². The molecule has 0 saturated heterocycles. The van der Waals surface area contributed by atoms with Gasteiger partial charge in [-0.15, -0.1) is 0 Å². The largest absolute Gasteiger partial charge is 0.377 e. The SMILES string of the molecule is CCC(Nc1ccc(N(CC)CC)nc1)c1ccccc1. The molecule has 1 aromatic heterocycles. The summed E-state index contributed by atoms with van der Waals surface area (Å²) >= 11 is 0. The van der Waals surface area contributed by atoms with Gasteiger partial charge in [-0.1, -0.05) is 37.3 Å². The second kappa shape index (κ2) is 7.67. The van der Waals surface area contributed by atoms with Crippen molar-refractivity contribution in [1.29, 1.82) is 0 Å². The molecule has 0 fully saturated rings. The van der Waals surface area contributed by atoms with Crippen LogP contribution in [-0.2, 0) is 0 Å². The van der Waals surface area contributed by atoms with E-state index < -0.39 is 0 Å². The number of pyridine rings is 1. The first-order chi connectivity index (χ1) is 10.3. The molecule has 2 aromatic rings. The molecule has 0 aliphatic carbocycles. The smallest absolute Gasteiger partial charge is 0.128 e. The van der Waals surface area contributed by atoms with Crippen molar-refractivity contribution >= 4 is 11.5 Å². The highest BCUT2D eigenvalue weighted by molar-refractivity contribution is 5.49. The molecule has 1 unspecified atom stereocenters. The predicted octanol–water partition coefficient (Wildman–Crippen LogP) is 4.49. The van der Waals surface area contributed by atoms with Gasteiger partial charge in [-0.2, -0.15) is 0 Å². The first-order valence-corrected chi connectivity index (χ1v) is 7.80. The number of hydrogen-bond acceptors (Lipinski definition) is 3. The van der Waals surface area contributed by atoms with Gasteiger partial charge in [0.2, 0.25) is 0 Å². The quantitative estimate of drug-likeness (QED) is 0.811. The van der Waals surface area contributed by atoms with Crippen molar-refractivity contribution in [2.24, 2.45) is 0 Å². The lowest BCUT2D eigenvalue weighted by Crippen LogP contribution is -2.22. The summed E-state index contributed by atoms with van der Waals surface area (Å²) in [5, 5.41) is 3.57.